The van der Waals surface area contributed by atoms with Gasteiger partial charge in [-0.15, -0.1) is 0 Å². The van der Waals surface area contributed by atoms with E-state index in [9.17, 15) is 4.79 Å². The van der Waals surface area contributed by atoms with Crippen molar-refractivity contribution in [2.75, 3.05) is 0 Å². The molecular formula is C15H12N2O2. The van der Waals surface area contributed by atoms with Crippen LogP contribution in [0.3, 0.4) is 0 Å². The second-order valence-corrected chi connectivity index (χ2v) is 4.07. The lowest BCUT2D eigenvalue weighted by Crippen LogP contribution is -2.01. The van der Waals surface area contributed by atoms with Crippen LogP contribution in [0.4, 0.5) is 0 Å². The maximum absolute atomic E-state index is 10.5. The van der Waals surface area contributed by atoms with Gasteiger partial charge in [-0.05, 0) is 17.7 Å². The van der Waals surface area contributed by atoms with Crippen LogP contribution < -0.4 is 0 Å². The number of nitriles is 1. The molecule has 2 rings (SSSR count). The molecule has 0 aliphatic heterocycles. The molecule has 1 aromatic carbocycles. The molecule has 0 amide bonds. The highest BCUT2D eigenvalue weighted by Gasteiger charge is 2.08. The van der Waals surface area contributed by atoms with Crippen LogP contribution in [0.5, 0.6) is 0 Å². The fourth-order valence-corrected chi connectivity index (χ4v) is 1.81. The van der Waals surface area contributed by atoms with Crippen molar-refractivity contribution in [3.05, 3.63) is 53.9 Å². The molecule has 94 valence electrons. The first kappa shape index (κ1) is 12.8. The summed E-state index contributed by atoms with van der Waals surface area (Å²) in [6, 6.07) is 15.2. The molecule has 0 radical (unpaired) electrons. The largest absolute Gasteiger partial charge is 0.481 e. The van der Waals surface area contributed by atoms with Gasteiger partial charge in [0.15, 0.2) is 0 Å². The summed E-state index contributed by atoms with van der Waals surface area (Å²) in [5, 5.41) is 17.8. The third kappa shape index (κ3) is 3.17. The number of benzene rings is 1. The minimum atomic E-state index is -0.868. The van der Waals surface area contributed by atoms with E-state index in [1.807, 2.05) is 36.4 Å². The van der Waals surface area contributed by atoms with Gasteiger partial charge in [0.25, 0.3) is 0 Å². The average molecular weight is 252 g/mol. The van der Waals surface area contributed by atoms with Crippen molar-refractivity contribution in [3.8, 4) is 17.2 Å². The minimum absolute atomic E-state index is 0.0164. The second-order valence-electron chi connectivity index (χ2n) is 4.07. The predicted molar refractivity (Wildman–Crippen MR) is 70.3 cm³/mol. The first-order chi connectivity index (χ1) is 9.20. The third-order valence-corrected chi connectivity index (χ3v) is 2.74. The van der Waals surface area contributed by atoms with Crippen molar-refractivity contribution >= 4 is 5.97 Å². The quantitative estimate of drug-likeness (QED) is 0.907. The van der Waals surface area contributed by atoms with E-state index in [0.717, 1.165) is 11.1 Å². The Bertz CT molecular complexity index is 630. The molecule has 0 unspecified atom stereocenters. The van der Waals surface area contributed by atoms with Crippen LogP contribution in [0.25, 0.3) is 11.1 Å². The van der Waals surface area contributed by atoms with Gasteiger partial charge in [0, 0.05) is 17.7 Å². The molecule has 0 aliphatic rings. The number of aliphatic carboxylic acids is 1. The summed E-state index contributed by atoms with van der Waals surface area (Å²) in [6.07, 6.45) is 0.349. The SMILES string of the molecule is N#Cc1nc(CCC(=O)O)ccc1-c1ccccc1. The summed E-state index contributed by atoms with van der Waals surface area (Å²) in [6.45, 7) is 0. The Balaban J connectivity index is 2.33. The molecule has 0 spiro atoms. The van der Waals surface area contributed by atoms with E-state index in [4.69, 9.17) is 10.4 Å². The molecule has 0 aliphatic carbocycles. The average Bonchev–Trinajstić information content (AvgIpc) is 2.45. The number of hydrogen-bond acceptors (Lipinski definition) is 3. The molecular weight excluding hydrogens is 240 g/mol. The van der Waals surface area contributed by atoms with E-state index in [1.54, 1.807) is 6.07 Å². The van der Waals surface area contributed by atoms with Crippen molar-refractivity contribution in [2.45, 2.75) is 12.8 Å². The molecule has 0 bridgehead atoms. The highest BCUT2D eigenvalue weighted by atomic mass is 16.4. The van der Waals surface area contributed by atoms with E-state index in [0.29, 0.717) is 17.8 Å². The maximum atomic E-state index is 10.5. The minimum Gasteiger partial charge on any atom is -0.481 e. The number of carboxylic acid groups (broad SMARTS) is 1. The van der Waals surface area contributed by atoms with Crippen molar-refractivity contribution in [2.24, 2.45) is 0 Å². The zero-order valence-electron chi connectivity index (χ0n) is 10.2. The summed E-state index contributed by atoms with van der Waals surface area (Å²) in [7, 11) is 0. The van der Waals surface area contributed by atoms with E-state index in [2.05, 4.69) is 11.1 Å². The topological polar surface area (TPSA) is 74.0 Å². The van der Waals surface area contributed by atoms with Gasteiger partial charge in [0.1, 0.15) is 11.8 Å². The van der Waals surface area contributed by atoms with E-state index in [-0.39, 0.29) is 6.42 Å². The van der Waals surface area contributed by atoms with Gasteiger partial charge in [-0.3, -0.25) is 4.79 Å². The number of hydrogen-bond donors (Lipinski definition) is 1. The predicted octanol–water partition coefficient (Wildman–Crippen LogP) is 2.64. The van der Waals surface area contributed by atoms with Crippen LogP contribution in [0.2, 0.25) is 0 Å². The van der Waals surface area contributed by atoms with Crippen LogP contribution in [-0.2, 0) is 11.2 Å². The van der Waals surface area contributed by atoms with Crippen molar-refractivity contribution in [1.82, 2.24) is 4.98 Å². The van der Waals surface area contributed by atoms with E-state index >= 15 is 0 Å². The summed E-state index contributed by atoms with van der Waals surface area (Å²) in [5.41, 5.74) is 2.64. The molecule has 1 N–H and O–H groups in total. The normalized spacial score (nSPS) is 9.84. The van der Waals surface area contributed by atoms with E-state index in [1.165, 1.54) is 0 Å². The summed E-state index contributed by atoms with van der Waals surface area (Å²) in [4.78, 5) is 14.7. The number of aryl methyl sites for hydroxylation is 1. The lowest BCUT2D eigenvalue weighted by atomic mass is 10.0. The zero-order chi connectivity index (χ0) is 13.7. The molecule has 1 heterocycles. The zero-order valence-corrected chi connectivity index (χ0v) is 10.2. The van der Waals surface area contributed by atoms with E-state index < -0.39 is 5.97 Å². The monoisotopic (exact) mass is 252 g/mol. The fourth-order valence-electron chi connectivity index (χ4n) is 1.81. The third-order valence-electron chi connectivity index (χ3n) is 2.74. The fraction of sp³-hybridized carbons (Fsp3) is 0.133. The van der Waals surface area contributed by atoms with Gasteiger partial charge in [-0.25, -0.2) is 4.98 Å². The molecule has 0 fully saturated rings. The molecule has 19 heavy (non-hydrogen) atoms. The highest BCUT2D eigenvalue weighted by molar-refractivity contribution is 5.69. The van der Waals surface area contributed by atoms with Gasteiger partial charge >= 0.3 is 5.97 Å². The Morgan fingerprint density at radius 2 is 1.95 bits per heavy atom. The molecule has 4 heteroatoms. The van der Waals surface area contributed by atoms with Crippen LogP contribution in [0.15, 0.2) is 42.5 Å². The Morgan fingerprint density at radius 1 is 1.21 bits per heavy atom. The van der Waals surface area contributed by atoms with Crippen LogP contribution in [0, 0.1) is 11.3 Å². The van der Waals surface area contributed by atoms with Crippen LogP contribution in [-0.4, -0.2) is 16.1 Å². The van der Waals surface area contributed by atoms with Gasteiger partial charge in [-0.2, -0.15) is 5.26 Å². The van der Waals surface area contributed by atoms with Crippen LogP contribution >= 0.6 is 0 Å². The van der Waals surface area contributed by atoms with Gasteiger partial charge < -0.3 is 5.11 Å². The lowest BCUT2D eigenvalue weighted by Gasteiger charge is -2.05. The van der Waals surface area contributed by atoms with Crippen LogP contribution in [0.1, 0.15) is 17.8 Å². The summed E-state index contributed by atoms with van der Waals surface area (Å²) in [5.74, 6) is -0.868. The number of rotatable bonds is 4. The Kier molecular flexibility index (Phi) is 3.89. The Hall–Kier alpha value is -2.67. The summed E-state index contributed by atoms with van der Waals surface area (Å²) < 4.78 is 0. The Morgan fingerprint density at radius 3 is 2.58 bits per heavy atom. The van der Waals surface area contributed by atoms with Crippen molar-refractivity contribution < 1.29 is 9.90 Å². The molecule has 0 saturated heterocycles. The molecule has 0 atom stereocenters. The number of carboxylic acids is 1. The molecule has 2 aromatic rings. The first-order valence-electron chi connectivity index (χ1n) is 5.88. The number of nitrogens with zero attached hydrogens (tertiary/aromatic N) is 2. The smallest absolute Gasteiger partial charge is 0.303 e. The van der Waals surface area contributed by atoms with Crippen molar-refractivity contribution in [1.29, 1.82) is 5.26 Å². The number of carbonyl (C=O) groups is 1. The summed E-state index contributed by atoms with van der Waals surface area (Å²) >= 11 is 0. The molecule has 0 saturated carbocycles. The number of pyridine rings is 1. The van der Waals surface area contributed by atoms with Gasteiger partial charge in [-0.1, -0.05) is 30.3 Å². The second kappa shape index (κ2) is 5.78. The van der Waals surface area contributed by atoms with Crippen molar-refractivity contribution in [3.63, 3.8) is 0 Å². The molecule has 1 aromatic heterocycles. The standard InChI is InChI=1S/C15H12N2O2/c16-10-14-13(11-4-2-1-3-5-11)8-6-12(17-14)7-9-15(18)19/h1-6,8H,7,9H2,(H,18,19). The lowest BCUT2D eigenvalue weighted by molar-refractivity contribution is -0.136. The number of aromatic nitrogens is 1. The molecule has 4 nitrogen and oxygen atoms in total. The first-order valence-corrected chi connectivity index (χ1v) is 5.88. The van der Waals surface area contributed by atoms with Gasteiger partial charge in [0.2, 0.25) is 0 Å². The Labute approximate surface area is 111 Å². The highest BCUT2D eigenvalue weighted by Crippen LogP contribution is 2.22. The maximum Gasteiger partial charge on any atom is 0.303 e. The van der Waals surface area contributed by atoms with Gasteiger partial charge in [0.05, 0.1) is 6.42 Å².